The van der Waals surface area contributed by atoms with Crippen LogP contribution < -0.4 is 5.32 Å². The zero-order chi connectivity index (χ0) is 16.0. The Bertz CT molecular complexity index is 676. The third kappa shape index (κ3) is 4.18. The molecule has 2 aromatic rings. The van der Waals surface area contributed by atoms with Crippen LogP contribution in [0.3, 0.4) is 0 Å². The van der Waals surface area contributed by atoms with Crippen molar-refractivity contribution in [2.75, 3.05) is 6.54 Å². The highest BCUT2D eigenvalue weighted by atomic mass is 32.2. The number of amides is 1. The third-order valence-electron chi connectivity index (χ3n) is 3.25. The van der Waals surface area contributed by atoms with E-state index in [1.54, 1.807) is 23.6 Å². The highest BCUT2D eigenvalue weighted by Gasteiger charge is 2.31. The molecule has 1 amide bonds. The molecule has 0 saturated carbocycles. The molecule has 0 aliphatic heterocycles. The van der Waals surface area contributed by atoms with Crippen molar-refractivity contribution in [3.8, 4) is 0 Å². The summed E-state index contributed by atoms with van der Waals surface area (Å²) in [5.41, 5.74) is 0. The summed E-state index contributed by atoms with van der Waals surface area (Å²) in [5, 5.41) is 5.64. The van der Waals surface area contributed by atoms with E-state index in [9.17, 15) is 13.2 Å². The van der Waals surface area contributed by atoms with E-state index in [0.717, 1.165) is 17.7 Å². The normalized spacial score (nSPS) is 13.0. The van der Waals surface area contributed by atoms with Crippen LogP contribution in [0, 0.1) is 0 Å². The van der Waals surface area contributed by atoms with Gasteiger partial charge in [0, 0.05) is 17.8 Å². The van der Waals surface area contributed by atoms with Gasteiger partial charge in [-0.1, -0.05) is 25.5 Å². The lowest BCUT2D eigenvalue weighted by atomic mass is 10.2. The fraction of sp³-hybridized carbons (Fsp3) is 0.400. The van der Waals surface area contributed by atoms with Gasteiger partial charge in [-0.3, -0.25) is 4.79 Å². The molecule has 0 aromatic carbocycles. The molecule has 1 atom stereocenters. The molecule has 1 N–H and O–H groups in total. The number of nitrogens with one attached hydrogen (secondary N) is 1. The predicted molar refractivity (Wildman–Crippen MR) is 91.1 cm³/mol. The van der Waals surface area contributed by atoms with Crippen LogP contribution in [0.25, 0.3) is 0 Å². The van der Waals surface area contributed by atoms with Crippen LogP contribution in [-0.2, 0) is 14.6 Å². The summed E-state index contributed by atoms with van der Waals surface area (Å²) in [5.74, 6) is -0.0928. The summed E-state index contributed by atoms with van der Waals surface area (Å²) in [6.45, 7) is 2.13. The lowest BCUT2D eigenvalue weighted by Gasteiger charge is -2.16. The maximum absolute atomic E-state index is 12.8. The average molecular weight is 358 g/mol. The second kappa shape index (κ2) is 7.89. The van der Waals surface area contributed by atoms with E-state index in [1.165, 1.54) is 22.7 Å². The van der Waals surface area contributed by atoms with Crippen molar-refractivity contribution < 1.29 is 13.2 Å². The number of unbranched alkanes of at least 4 members (excludes halogenated alkanes) is 1. The van der Waals surface area contributed by atoms with Crippen LogP contribution in [0.15, 0.2) is 39.2 Å². The number of hydrogen-bond donors (Lipinski definition) is 1. The average Bonchev–Trinajstić information content (AvgIpc) is 3.18. The topological polar surface area (TPSA) is 63.2 Å². The largest absolute Gasteiger partial charge is 0.354 e. The van der Waals surface area contributed by atoms with E-state index in [0.29, 0.717) is 10.6 Å². The van der Waals surface area contributed by atoms with E-state index < -0.39 is 15.1 Å². The summed E-state index contributed by atoms with van der Waals surface area (Å²) in [4.78, 5) is 12.5. The SMILES string of the molecule is CCCCC(=O)NCC(c1cccs1)S(=O)(=O)c1cccs1. The summed E-state index contributed by atoms with van der Waals surface area (Å²) >= 11 is 2.61. The quantitative estimate of drug-likeness (QED) is 0.784. The van der Waals surface area contributed by atoms with E-state index in [1.807, 2.05) is 18.4 Å². The van der Waals surface area contributed by atoms with Gasteiger partial charge in [0.1, 0.15) is 9.46 Å². The first-order chi connectivity index (χ1) is 10.6. The van der Waals surface area contributed by atoms with Gasteiger partial charge < -0.3 is 5.32 Å². The van der Waals surface area contributed by atoms with Gasteiger partial charge in [0.2, 0.25) is 5.91 Å². The van der Waals surface area contributed by atoms with Gasteiger partial charge in [0.15, 0.2) is 9.84 Å². The molecule has 7 heteroatoms. The summed E-state index contributed by atoms with van der Waals surface area (Å²) in [7, 11) is -3.48. The lowest BCUT2D eigenvalue weighted by Crippen LogP contribution is -2.31. The van der Waals surface area contributed by atoms with Crippen molar-refractivity contribution in [1.82, 2.24) is 5.32 Å². The number of hydrogen-bond acceptors (Lipinski definition) is 5. The summed E-state index contributed by atoms with van der Waals surface area (Å²) in [6, 6.07) is 6.97. The molecule has 0 saturated heterocycles. The van der Waals surface area contributed by atoms with E-state index >= 15 is 0 Å². The van der Waals surface area contributed by atoms with Crippen LogP contribution in [-0.4, -0.2) is 20.9 Å². The maximum atomic E-state index is 12.8. The Balaban J connectivity index is 2.16. The van der Waals surface area contributed by atoms with Gasteiger partial charge >= 0.3 is 0 Å². The van der Waals surface area contributed by atoms with Crippen LogP contribution in [0.5, 0.6) is 0 Å². The summed E-state index contributed by atoms with van der Waals surface area (Å²) in [6.07, 6.45) is 2.19. The van der Waals surface area contributed by atoms with Gasteiger partial charge in [-0.2, -0.15) is 0 Å². The molecule has 0 radical (unpaired) electrons. The van der Waals surface area contributed by atoms with Gasteiger partial charge in [0.05, 0.1) is 0 Å². The monoisotopic (exact) mass is 357 g/mol. The fourth-order valence-electron chi connectivity index (χ4n) is 2.04. The van der Waals surface area contributed by atoms with Crippen LogP contribution in [0.4, 0.5) is 0 Å². The first-order valence-corrected chi connectivity index (χ1v) is 10.4. The standard InChI is InChI=1S/C15H19NO3S3/c1-2-3-7-14(17)16-11-13(12-6-4-9-20-12)22(18,19)15-8-5-10-21-15/h4-6,8-10,13H,2-3,7,11H2,1H3,(H,16,17). The number of sulfone groups is 1. The molecule has 0 fully saturated rings. The molecule has 2 rings (SSSR count). The van der Waals surface area contributed by atoms with Crippen molar-refractivity contribution in [3.05, 3.63) is 39.9 Å². The van der Waals surface area contributed by atoms with Crippen LogP contribution in [0.2, 0.25) is 0 Å². The predicted octanol–water partition coefficient (Wildman–Crippen LogP) is 3.63. The molecular formula is C15H19NO3S3. The van der Waals surface area contributed by atoms with E-state index in [4.69, 9.17) is 0 Å². The minimum atomic E-state index is -3.48. The zero-order valence-electron chi connectivity index (χ0n) is 12.3. The maximum Gasteiger partial charge on any atom is 0.220 e. The van der Waals surface area contributed by atoms with E-state index in [2.05, 4.69) is 5.32 Å². The first kappa shape index (κ1) is 17.2. The lowest BCUT2D eigenvalue weighted by molar-refractivity contribution is -0.121. The Morgan fingerprint density at radius 1 is 1.23 bits per heavy atom. The summed E-state index contributed by atoms with van der Waals surface area (Å²) < 4.78 is 25.9. The van der Waals surface area contributed by atoms with Gasteiger partial charge in [-0.15, -0.1) is 22.7 Å². The number of carbonyl (C=O) groups is 1. The number of rotatable bonds is 8. The molecule has 4 nitrogen and oxygen atoms in total. The molecule has 120 valence electrons. The van der Waals surface area contributed by atoms with Crippen molar-refractivity contribution in [2.45, 2.75) is 35.6 Å². The molecule has 2 aromatic heterocycles. The molecule has 0 spiro atoms. The van der Waals surface area contributed by atoms with Gasteiger partial charge in [-0.25, -0.2) is 8.42 Å². The van der Waals surface area contributed by atoms with Crippen molar-refractivity contribution in [2.24, 2.45) is 0 Å². The molecule has 0 aliphatic carbocycles. The number of carbonyl (C=O) groups excluding carboxylic acids is 1. The highest BCUT2D eigenvalue weighted by molar-refractivity contribution is 7.93. The Labute approximate surface area is 139 Å². The van der Waals surface area contributed by atoms with Crippen LogP contribution >= 0.6 is 22.7 Å². The molecule has 2 heterocycles. The highest BCUT2D eigenvalue weighted by Crippen LogP contribution is 2.33. The third-order valence-corrected chi connectivity index (χ3v) is 7.90. The molecule has 0 bridgehead atoms. The molecule has 0 aliphatic rings. The Hall–Kier alpha value is -1.18. The molecule has 22 heavy (non-hydrogen) atoms. The van der Waals surface area contributed by atoms with E-state index in [-0.39, 0.29) is 12.5 Å². The Morgan fingerprint density at radius 3 is 2.55 bits per heavy atom. The fourth-order valence-corrected chi connectivity index (χ4v) is 6.02. The van der Waals surface area contributed by atoms with Gasteiger partial charge in [0.25, 0.3) is 0 Å². The minimum absolute atomic E-state index is 0.0928. The first-order valence-electron chi connectivity index (χ1n) is 7.13. The van der Waals surface area contributed by atoms with Gasteiger partial charge in [-0.05, 0) is 29.3 Å². The second-order valence-corrected chi connectivity index (χ2v) is 9.17. The Kier molecular flexibility index (Phi) is 6.16. The van der Waals surface area contributed by atoms with Crippen molar-refractivity contribution in [3.63, 3.8) is 0 Å². The molecule has 1 unspecified atom stereocenters. The van der Waals surface area contributed by atoms with Crippen LogP contribution in [0.1, 0.15) is 36.3 Å². The Morgan fingerprint density at radius 2 is 1.95 bits per heavy atom. The second-order valence-electron chi connectivity index (χ2n) is 4.89. The van der Waals surface area contributed by atoms with Crippen molar-refractivity contribution in [1.29, 1.82) is 0 Å². The van der Waals surface area contributed by atoms with Crippen molar-refractivity contribution >= 4 is 38.4 Å². The zero-order valence-corrected chi connectivity index (χ0v) is 14.8. The number of thiophene rings is 2. The molecular weight excluding hydrogens is 338 g/mol. The minimum Gasteiger partial charge on any atom is -0.354 e. The smallest absolute Gasteiger partial charge is 0.220 e.